The first-order chi connectivity index (χ1) is 4.06. The van der Waals surface area contributed by atoms with Crippen molar-refractivity contribution in [2.45, 2.75) is 6.92 Å². The highest BCUT2D eigenvalue weighted by molar-refractivity contribution is 6.13. The Morgan fingerprint density at radius 1 is 1.56 bits per heavy atom. The van der Waals surface area contributed by atoms with E-state index in [0.717, 1.165) is 0 Å². The van der Waals surface area contributed by atoms with E-state index in [1.807, 2.05) is 0 Å². The molecule has 0 fully saturated rings. The van der Waals surface area contributed by atoms with Gasteiger partial charge in [-0.15, -0.1) is 0 Å². The number of aliphatic carboxylic acids is 1. The van der Waals surface area contributed by atoms with Crippen LogP contribution in [0.5, 0.6) is 0 Å². The summed E-state index contributed by atoms with van der Waals surface area (Å²) in [5.41, 5.74) is 0.176. The lowest BCUT2D eigenvalue weighted by atomic mass is 10.4. The lowest BCUT2D eigenvalue weighted by Gasteiger charge is -1.79. The molecule has 0 aliphatic heterocycles. The molecule has 0 aromatic carbocycles. The van der Waals surface area contributed by atoms with Crippen molar-refractivity contribution < 1.29 is 18.2 Å². The molecule has 1 radical (unpaired) electrons. The molecule has 0 amide bonds. The fourth-order valence-corrected chi connectivity index (χ4v) is 0. The maximum atomic E-state index is 9.60. The standard InChI is InChI=1S/C4H6O2.Al.2H2O/c1-3(2)4(5)6;;;/h1H2,2H3,(H,5,6);;2*1H2/q;+2;;/p-2. The van der Waals surface area contributed by atoms with Crippen LogP contribution in [0.1, 0.15) is 6.92 Å². The maximum Gasteiger partial charge on any atom is 0.662 e. The van der Waals surface area contributed by atoms with Gasteiger partial charge >= 0.3 is 21.9 Å². The van der Waals surface area contributed by atoms with Crippen molar-refractivity contribution >= 4 is 21.9 Å². The summed E-state index contributed by atoms with van der Waals surface area (Å²) >= 11 is -1.25. The SMILES string of the molecule is C=C(C)C(=O)O.[OH][Al][OH]. The smallest absolute Gasteiger partial charge is 0.499 e. The summed E-state index contributed by atoms with van der Waals surface area (Å²) in [5, 5.41) is 7.89. The first kappa shape index (κ1) is 11.5. The highest BCUT2D eigenvalue weighted by Gasteiger charge is 1.90. The molecule has 3 N–H and O–H groups in total. The highest BCUT2D eigenvalue weighted by atomic mass is 27.2. The average Bonchev–Trinajstić information content (AvgIpc) is 1.68. The Balaban J connectivity index is 0. The highest BCUT2D eigenvalue weighted by Crippen LogP contribution is 1.81. The van der Waals surface area contributed by atoms with E-state index in [1.54, 1.807) is 0 Å². The van der Waals surface area contributed by atoms with Crippen molar-refractivity contribution in [2.24, 2.45) is 0 Å². The number of carboxylic acid groups (broad SMARTS) is 1. The first-order valence-electron chi connectivity index (χ1n) is 2.05. The molecule has 0 rings (SSSR count). The molecule has 0 bridgehead atoms. The maximum absolute atomic E-state index is 9.60. The third-order valence-corrected chi connectivity index (χ3v) is 0.365. The van der Waals surface area contributed by atoms with Crippen LogP contribution >= 0.6 is 0 Å². The third kappa shape index (κ3) is 18.3. The summed E-state index contributed by atoms with van der Waals surface area (Å²) in [6.07, 6.45) is 0. The normalized spacial score (nSPS) is 6.56. The van der Waals surface area contributed by atoms with E-state index in [0.29, 0.717) is 0 Å². The number of carboxylic acids is 1. The zero-order valence-corrected chi connectivity index (χ0v) is 6.19. The minimum atomic E-state index is -1.25. The summed E-state index contributed by atoms with van der Waals surface area (Å²) in [4.78, 5) is 9.60. The molecule has 0 aliphatic carbocycles. The lowest BCUT2D eigenvalue weighted by Crippen LogP contribution is -1.92. The molecule has 0 aromatic heterocycles. The van der Waals surface area contributed by atoms with Crippen molar-refractivity contribution in [3.8, 4) is 0 Å². The van der Waals surface area contributed by atoms with Crippen LogP contribution in [0.15, 0.2) is 12.2 Å². The Hall–Kier alpha value is -0.338. The molecular weight excluding hydrogens is 139 g/mol. The summed E-state index contributed by atoms with van der Waals surface area (Å²) < 4.78 is 14.4. The number of carbonyl (C=O) groups is 1. The average molecular weight is 147 g/mol. The molecule has 0 heterocycles. The van der Waals surface area contributed by atoms with Crippen LogP contribution in [0.4, 0.5) is 0 Å². The molecule has 0 spiro atoms. The molecule has 0 saturated carbocycles. The molecule has 5 heteroatoms. The van der Waals surface area contributed by atoms with Gasteiger partial charge in [0.25, 0.3) is 0 Å². The summed E-state index contributed by atoms with van der Waals surface area (Å²) in [7, 11) is 0. The van der Waals surface area contributed by atoms with Gasteiger partial charge in [-0.25, -0.2) is 4.79 Å². The Bertz CT molecular complexity index is 88.7. The topological polar surface area (TPSA) is 77.8 Å². The molecule has 9 heavy (non-hydrogen) atoms. The fourth-order valence-electron chi connectivity index (χ4n) is 0. The van der Waals surface area contributed by atoms with Crippen LogP contribution < -0.4 is 0 Å². The molecule has 0 aliphatic rings. The van der Waals surface area contributed by atoms with Gasteiger partial charge < -0.3 is 13.4 Å². The van der Waals surface area contributed by atoms with E-state index < -0.39 is 21.9 Å². The Morgan fingerprint density at radius 3 is 1.67 bits per heavy atom. The van der Waals surface area contributed by atoms with E-state index in [-0.39, 0.29) is 5.57 Å². The van der Waals surface area contributed by atoms with Crippen molar-refractivity contribution in [2.75, 3.05) is 0 Å². The Kier molecular flexibility index (Phi) is 9.76. The van der Waals surface area contributed by atoms with E-state index in [9.17, 15) is 4.79 Å². The van der Waals surface area contributed by atoms with Crippen LogP contribution in [0.3, 0.4) is 0 Å². The summed E-state index contributed by atoms with van der Waals surface area (Å²) in [6.45, 7) is 4.60. The van der Waals surface area contributed by atoms with Crippen LogP contribution in [0, 0.1) is 0 Å². The van der Waals surface area contributed by atoms with E-state index >= 15 is 0 Å². The summed E-state index contributed by atoms with van der Waals surface area (Å²) in [5.74, 6) is -0.935. The van der Waals surface area contributed by atoms with E-state index in [1.165, 1.54) is 6.92 Å². The Morgan fingerprint density at radius 2 is 1.67 bits per heavy atom. The largest absolute Gasteiger partial charge is 0.662 e. The molecule has 4 nitrogen and oxygen atoms in total. The van der Waals surface area contributed by atoms with Gasteiger partial charge in [-0.1, -0.05) is 6.58 Å². The second kappa shape index (κ2) is 7.66. The van der Waals surface area contributed by atoms with Crippen LogP contribution in [0.2, 0.25) is 0 Å². The zero-order chi connectivity index (χ0) is 7.86. The van der Waals surface area contributed by atoms with Crippen LogP contribution in [-0.4, -0.2) is 35.3 Å². The van der Waals surface area contributed by atoms with Crippen molar-refractivity contribution in [1.29, 1.82) is 0 Å². The van der Waals surface area contributed by atoms with Gasteiger partial charge in [0.2, 0.25) is 0 Å². The van der Waals surface area contributed by atoms with Crippen LogP contribution in [0.25, 0.3) is 0 Å². The van der Waals surface area contributed by atoms with Crippen molar-refractivity contribution in [3.05, 3.63) is 12.2 Å². The predicted molar refractivity (Wildman–Crippen MR) is 32.6 cm³/mol. The zero-order valence-electron chi connectivity index (χ0n) is 5.03. The molecule has 0 saturated heterocycles. The lowest BCUT2D eigenvalue weighted by molar-refractivity contribution is -0.132. The third-order valence-electron chi connectivity index (χ3n) is 0.365. The number of hydrogen-bond donors (Lipinski definition) is 3. The molecule has 0 atom stereocenters. The van der Waals surface area contributed by atoms with Gasteiger partial charge in [0, 0.05) is 5.57 Å². The quantitative estimate of drug-likeness (QED) is 0.333. The fraction of sp³-hybridized carbons (Fsp3) is 0.250. The van der Waals surface area contributed by atoms with E-state index in [4.69, 9.17) is 13.4 Å². The molecule has 0 aromatic rings. The van der Waals surface area contributed by atoms with Gasteiger partial charge in [0.15, 0.2) is 0 Å². The molecular formula is C4H8AlO4. The second-order valence-electron chi connectivity index (χ2n) is 1.20. The first-order valence-corrected chi connectivity index (χ1v) is 3.08. The monoisotopic (exact) mass is 147 g/mol. The van der Waals surface area contributed by atoms with Gasteiger partial charge in [-0.05, 0) is 6.92 Å². The number of hydrogen-bond acceptors (Lipinski definition) is 3. The van der Waals surface area contributed by atoms with Gasteiger partial charge in [-0.3, -0.25) is 0 Å². The number of rotatable bonds is 1. The minimum Gasteiger partial charge on any atom is -0.499 e. The predicted octanol–water partition coefficient (Wildman–Crippen LogP) is -0.848. The van der Waals surface area contributed by atoms with Gasteiger partial charge in [-0.2, -0.15) is 0 Å². The Labute approximate surface area is 59.8 Å². The van der Waals surface area contributed by atoms with Crippen molar-refractivity contribution in [1.82, 2.24) is 0 Å². The minimum absolute atomic E-state index is 0.176. The molecule has 0 unspecified atom stereocenters. The van der Waals surface area contributed by atoms with Crippen LogP contribution in [-0.2, 0) is 4.79 Å². The molecule has 51 valence electrons. The summed E-state index contributed by atoms with van der Waals surface area (Å²) in [6, 6.07) is 0. The van der Waals surface area contributed by atoms with Gasteiger partial charge in [0.1, 0.15) is 0 Å². The van der Waals surface area contributed by atoms with Crippen molar-refractivity contribution in [3.63, 3.8) is 0 Å². The van der Waals surface area contributed by atoms with E-state index in [2.05, 4.69) is 6.58 Å². The van der Waals surface area contributed by atoms with Gasteiger partial charge in [0.05, 0.1) is 0 Å². The second-order valence-corrected chi connectivity index (χ2v) is 1.43.